The lowest BCUT2D eigenvalue weighted by Crippen LogP contribution is -2.43. The first-order chi connectivity index (χ1) is 15.1. The van der Waals surface area contributed by atoms with E-state index in [-0.39, 0.29) is 11.8 Å². The number of nitrogens with one attached hydrogen (secondary N) is 1. The summed E-state index contributed by atoms with van der Waals surface area (Å²) in [5.74, 6) is 0.487. The summed E-state index contributed by atoms with van der Waals surface area (Å²) in [6, 6.07) is 10.8. The van der Waals surface area contributed by atoms with Gasteiger partial charge in [-0.2, -0.15) is 0 Å². The summed E-state index contributed by atoms with van der Waals surface area (Å²) in [4.78, 5) is 37.7. The summed E-state index contributed by atoms with van der Waals surface area (Å²) >= 11 is 0. The Kier molecular flexibility index (Phi) is 3.62. The third-order valence-corrected chi connectivity index (χ3v) is 6.59. The lowest BCUT2D eigenvalue weighted by atomic mass is 9.74. The highest BCUT2D eigenvalue weighted by Crippen LogP contribution is 2.54. The van der Waals surface area contributed by atoms with E-state index < -0.39 is 11.5 Å². The number of nitrogens with zero attached hydrogens (tertiary/aromatic N) is 5. The largest absolute Gasteiger partial charge is 0.336 e. The number of aryl methyl sites for hydroxylation is 1. The molecule has 1 aromatic carbocycles. The number of pyridine rings is 1. The van der Waals surface area contributed by atoms with Crippen LogP contribution in [0.1, 0.15) is 34.2 Å². The van der Waals surface area contributed by atoms with E-state index in [1.54, 1.807) is 29.6 Å². The Morgan fingerprint density at radius 2 is 1.97 bits per heavy atom. The number of rotatable bonds is 2. The van der Waals surface area contributed by atoms with Crippen LogP contribution < -0.4 is 5.32 Å². The maximum Gasteiger partial charge on any atom is 0.256 e. The van der Waals surface area contributed by atoms with Gasteiger partial charge in [-0.05, 0) is 30.2 Å². The van der Waals surface area contributed by atoms with Gasteiger partial charge in [0.15, 0.2) is 0 Å². The highest BCUT2D eigenvalue weighted by Gasteiger charge is 2.60. The number of carbonyl (C=O) groups excluding carboxylic acids is 2. The zero-order chi connectivity index (χ0) is 21.2. The van der Waals surface area contributed by atoms with Crippen LogP contribution in [0.3, 0.4) is 0 Å². The first-order valence-corrected chi connectivity index (χ1v) is 10.2. The topological polar surface area (TPSA) is 84.5 Å². The summed E-state index contributed by atoms with van der Waals surface area (Å²) < 4.78 is 3.72. The summed E-state index contributed by atoms with van der Waals surface area (Å²) in [6.07, 6.45) is 9.39. The van der Waals surface area contributed by atoms with Crippen LogP contribution in [-0.4, -0.2) is 42.2 Å². The van der Waals surface area contributed by atoms with E-state index in [9.17, 15) is 9.59 Å². The van der Waals surface area contributed by atoms with Gasteiger partial charge in [0, 0.05) is 50.3 Å². The fraction of sp³-hybridized carbons (Fsp3) is 0.217. The molecule has 1 N–H and O–H groups in total. The minimum Gasteiger partial charge on any atom is -0.336 e. The zero-order valence-electron chi connectivity index (χ0n) is 16.9. The molecule has 0 bridgehead atoms. The molecule has 2 amide bonds. The number of anilines is 1. The molecule has 31 heavy (non-hydrogen) atoms. The molecule has 154 valence electrons. The number of amides is 2. The van der Waals surface area contributed by atoms with Crippen LogP contribution >= 0.6 is 0 Å². The monoisotopic (exact) mass is 412 g/mol. The van der Waals surface area contributed by atoms with E-state index in [1.165, 1.54) is 0 Å². The molecule has 0 radical (unpaired) electrons. The van der Waals surface area contributed by atoms with E-state index >= 15 is 0 Å². The molecule has 5 heterocycles. The number of para-hydroxylation sites is 1. The van der Waals surface area contributed by atoms with Gasteiger partial charge in [-0.3, -0.25) is 9.59 Å². The number of carbonyl (C=O) groups is 2. The average molecular weight is 412 g/mol. The molecule has 2 atom stereocenters. The van der Waals surface area contributed by atoms with Crippen molar-refractivity contribution in [3.05, 3.63) is 84.3 Å². The average Bonchev–Trinajstić information content (AvgIpc) is 3.54. The van der Waals surface area contributed by atoms with Crippen LogP contribution in [0.2, 0.25) is 0 Å². The molecule has 0 saturated carbocycles. The second kappa shape index (κ2) is 6.28. The molecule has 3 aromatic heterocycles. The van der Waals surface area contributed by atoms with Gasteiger partial charge in [0.2, 0.25) is 5.91 Å². The molecular formula is C23H20N6O2. The lowest BCUT2D eigenvalue weighted by Gasteiger charge is -2.33. The maximum absolute atomic E-state index is 13.7. The van der Waals surface area contributed by atoms with Crippen LogP contribution in [-0.2, 0) is 17.3 Å². The van der Waals surface area contributed by atoms with E-state index in [1.807, 2.05) is 58.7 Å². The first-order valence-electron chi connectivity index (χ1n) is 10.2. The van der Waals surface area contributed by atoms with Gasteiger partial charge in [-0.15, -0.1) is 0 Å². The van der Waals surface area contributed by atoms with Gasteiger partial charge < -0.3 is 19.2 Å². The minimum atomic E-state index is -0.871. The molecule has 8 heteroatoms. The van der Waals surface area contributed by atoms with Gasteiger partial charge >= 0.3 is 0 Å². The molecular weight excluding hydrogens is 392 g/mol. The molecule has 4 aromatic rings. The Morgan fingerprint density at radius 3 is 2.81 bits per heavy atom. The van der Waals surface area contributed by atoms with E-state index in [0.29, 0.717) is 24.4 Å². The summed E-state index contributed by atoms with van der Waals surface area (Å²) in [7, 11) is 1.90. The third-order valence-electron chi connectivity index (χ3n) is 6.59. The summed E-state index contributed by atoms with van der Waals surface area (Å²) in [5.41, 5.74) is 2.19. The maximum atomic E-state index is 13.7. The lowest BCUT2D eigenvalue weighted by molar-refractivity contribution is -0.121. The fourth-order valence-electron chi connectivity index (χ4n) is 5.12. The second-order valence-corrected chi connectivity index (χ2v) is 8.13. The molecule has 1 spiro atoms. The molecule has 1 saturated heterocycles. The van der Waals surface area contributed by atoms with Crippen molar-refractivity contribution in [1.29, 1.82) is 0 Å². The predicted octanol–water partition coefficient (Wildman–Crippen LogP) is 2.55. The number of fused-ring (bicyclic) bond motifs is 3. The Hall–Kier alpha value is -3.94. The molecule has 2 aliphatic heterocycles. The number of aromatic nitrogens is 4. The Labute approximate surface area is 178 Å². The highest BCUT2D eigenvalue weighted by atomic mass is 16.2. The van der Waals surface area contributed by atoms with Gasteiger partial charge in [-0.25, -0.2) is 9.97 Å². The Bertz CT molecular complexity index is 1350. The van der Waals surface area contributed by atoms with Gasteiger partial charge in [0.05, 0.1) is 5.56 Å². The molecule has 6 rings (SSSR count). The van der Waals surface area contributed by atoms with Gasteiger partial charge in [-0.1, -0.05) is 18.2 Å². The van der Waals surface area contributed by atoms with Crippen molar-refractivity contribution < 1.29 is 9.59 Å². The highest BCUT2D eigenvalue weighted by molar-refractivity contribution is 6.08. The minimum absolute atomic E-state index is 0.0814. The van der Waals surface area contributed by atoms with Crippen molar-refractivity contribution in [2.75, 3.05) is 11.9 Å². The SMILES string of the molecule is Cn1ccnc1[C@@H]1N(C(=O)c2ccc3nccn3c2)CC[C@]12C(=O)Nc1ccccc12. The van der Waals surface area contributed by atoms with Crippen molar-refractivity contribution in [2.24, 2.45) is 7.05 Å². The van der Waals surface area contributed by atoms with Crippen LogP contribution in [0.4, 0.5) is 5.69 Å². The molecule has 2 aliphatic rings. The van der Waals surface area contributed by atoms with E-state index in [4.69, 9.17) is 0 Å². The van der Waals surface area contributed by atoms with Gasteiger partial charge in [0.25, 0.3) is 5.91 Å². The zero-order valence-corrected chi connectivity index (χ0v) is 16.9. The normalized spacial score (nSPS) is 22.3. The van der Waals surface area contributed by atoms with Crippen molar-refractivity contribution in [3.63, 3.8) is 0 Å². The Balaban J connectivity index is 1.51. The molecule has 0 aliphatic carbocycles. The van der Waals surface area contributed by atoms with Crippen molar-refractivity contribution >= 4 is 23.1 Å². The van der Waals surface area contributed by atoms with Crippen LogP contribution in [0.5, 0.6) is 0 Å². The number of imidazole rings is 2. The predicted molar refractivity (Wildman–Crippen MR) is 114 cm³/mol. The van der Waals surface area contributed by atoms with Gasteiger partial charge in [0.1, 0.15) is 22.9 Å². The third kappa shape index (κ3) is 2.35. The van der Waals surface area contributed by atoms with Crippen LogP contribution in [0.25, 0.3) is 5.65 Å². The smallest absolute Gasteiger partial charge is 0.256 e. The fourth-order valence-corrected chi connectivity index (χ4v) is 5.12. The molecule has 1 fully saturated rings. The van der Waals surface area contributed by atoms with Crippen molar-refractivity contribution in [1.82, 2.24) is 23.8 Å². The van der Waals surface area contributed by atoms with Crippen molar-refractivity contribution in [2.45, 2.75) is 17.9 Å². The number of hydrogen-bond donors (Lipinski definition) is 1. The number of benzene rings is 1. The van der Waals surface area contributed by atoms with E-state index in [2.05, 4.69) is 15.3 Å². The van der Waals surface area contributed by atoms with Crippen LogP contribution in [0, 0.1) is 0 Å². The summed E-state index contributed by atoms with van der Waals surface area (Å²) in [6.45, 7) is 0.458. The first kappa shape index (κ1) is 17.9. The van der Waals surface area contributed by atoms with Crippen molar-refractivity contribution in [3.8, 4) is 0 Å². The number of hydrogen-bond acceptors (Lipinski definition) is 4. The Morgan fingerprint density at radius 1 is 1.13 bits per heavy atom. The quantitative estimate of drug-likeness (QED) is 0.548. The number of likely N-dealkylation sites (tertiary alicyclic amines) is 1. The second-order valence-electron chi connectivity index (χ2n) is 8.13. The standard InChI is InChI=1S/C23H20N6O2/c1-27-12-9-25-20(27)19-23(16-4-2-3-5-17(16)26-22(23)31)8-11-29(19)21(30)15-6-7-18-24-10-13-28(18)14-15/h2-7,9-10,12-14,19H,8,11H2,1H3,(H,26,31)/t19-,23+/m0/s1. The van der Waals surface area contributed by atoms with E-state index in [0.717, 1.165) is 16.9 Å². The molecule has 8 nitrogen and oxygen atoms in total. The molecule has 0 unspecified atom stereocenters. The van der Waals surface area contributed by atoms with Crippen LogP contribution in [0.15, 0.2) is 67.4 Å². The summed E-state index contributed by atoms with van der Waals surface area (Å²) in [5, 5.41) is 3.04.